The molecular weight excluding hydrogens is 252 g/mol. The number of rotatable bonds is 1. The van der Waals surface area contributed by atoms with Crippen molar-refractivity contribution in [2.75, 3.05) is 6.54 Å². The molecule has 0 unspecified atom stereocenters. The Labute approximate surface area is 115 Å². The standard InChI is InChI=1S/C15H14N4O/c20-15(10-1-2-13-14(7-10)18-9-17-13)19-6-4-12-11(8-19)3-5-16-12/h1-3,5,7,9,16H,4,6,8H2,(H,17,18). The van der Waals surface area contributed by atoms with Crippen molar-refractivity contribution in [3.8, 4) is 0 Å². The summed E-state index contributed by atoms with van der Waals surface area (Å²) < 4.78 is 0. The van der Waals surface area contributed by atoms with Crippen LogP contribution in [0.2, 0.25) is 0 Å². The molecule has 20 heavy (non-hydrogen) atoms. The number of hydrogen-bond acceptors (Lipinski definition) is 2. The minimum Gasteiger partial charge on any atom is -0.365 e. The molecule has 2 N–H and O–H groups in total. The highest BCUT2D eigenvalue weighted by Gasteiger charge is 2.22. The number of nitrogens with zero attached hydrogens (tertiary/aromatic N) is 2. The molecule has 5 nitrogen and oxygen atoms in total. The summed E-state index contributed by atoms with van der Waals surface area (Å²) in [6.45, 7) is 1.44. The molecule has 1 aliphatic heterocycles. The Morgan fingerprint density at radius 3 is 3.15 bits per heavy atom. The summed E-state index contributed by atoms with van der Waals surface area (Å²) in [6.07, 6.45) is 4.47. The van der Waals surface area contributed by atoms with E-state index in [9.17, 15) is 4.79 Å². The summed E-state index contributed by atoms with van der Waals surface area (Å²) in [7, 11) is 0. The van der Waals surface area contributed by atoms with Crippen LogP contribution >= 0.6 is 0 Å². The summed E-state index contributed by atoms with van der Waals surface area (Å²) in [5, 5.41) is 0. The van der Waals surface area contributed by atoms with Gasteiger partial charge in [0.25, 0.3) is 5.91 Å². The molecule has 2 aromatic heterocycles. The van der Waals surface area contributed by atoms with Crippen LogP contribution in [0.4, 0.5) is 0 Å². The van der Waals surface area contributed by atoms with Crippen molar-refractivity contribution in [1.29, 1.82) is 0 Å². The lowest BCUT2D eigenvalue weighted by atomic mass is 10.1. The molecule has 0 bridgehead atoms. The SMILES string of the molecule is O=C(c1ccc2nc[nH]c2c1)N1CCc2[nH]ccc2C1. The number of aromatic amines is 2. The lowest BCUT2D eigenvalue weighted by Crippen LogP contribution is -2.35. The van der Waals surface area contributed by atoms with Crippen molar-refractivity contribution < 1.29 is 4.79 Å². The largest absolute Gasteiger partial charge is 0.365 e. The van der Waals surface area contributed by atoms with E-state index in [1.54, 1.807) is 6.33 Å². The number of amides is 1. The number of benzene rings is 1. The smallest absolute Gasteiger partial charge is 0.254 e. The quantitative estimate of drug-likeness (QED) is 0.708. The molecule has 100 valence electrons. The number of aromatic nitrogens is 3. The Morgan fingerprint density at radius 2 is 2.20 bits per heavy atom. The second-order valence-electron chi connectivity index (χ2n) is 5.09. The molecule has 1 amide bonds. The molecule has 1 aromatic carbocycles. The predicted molar refractivity (Wildman–Crippen MR) is 75.3 cm³/mol. The van der Waals surface area contributed by atoms with Gasteiger partial charge >= 0.3 is 0 Å². The van der Waals surface area contributed by atoms with Crippen LogP contribution in [-0.4, -0.2) is 32.3 Å². The molecule has 0 atom stereocenters. The van der Waals surface area contributed by atoms with Gasteiger partial charge in [-0.2, -0.15) is 0 Å². The Morgan fingerprint density at radius 1 is 1.25 bits per heavy atom. The Balaban J connectivity index is 1.64. The summed E-state index contributed by atoms with van der Waals surface area (Å²) in [6, 6.07) is 7.65. The van der Waals surface area contributed by atoms with Gasteiger partial charge in [0.1, 0.15) is 0 Å². The number of carbonyl (C=O) groups is 1. The summed E-state index contributed by atoms with van der Waals surface area (Å²) in [5.41, 5.74) is 4.95. The van der Waals surface area contributed by atoms with E-state index in [2.05, 4.69) is 15.0 Å². The van der Waals surface area contributed by atoms with Gasteiger partial charge in [0.2, 0.25) is 0 Å². The molecule has 0 saturated carbocycles. The maximum absolute atomic E-state index is 12.6. The van der Waals surface area contributed by atoms with E-state index in [-0.39, 0.29) is 5.91 Å². The molecule has 4 rings (SSSR count). The Hall–Kier alpha value is -2.56. The zero-order valence-corrected chi connectivity index (χ0v) is 10.9. The first-order chi connectivity index (χ1) is 9.81. The van der Waals surface area contributed by atoms with Crippen LogP contribution < -0.4 is 0 Å². The fraction of sp³-hybridized carbons (Fsp3) is 0.200. The van der Waals surface area contributed by atoms with Crippen LogP contribution in [0.15, 0.2) is 36.8 Å². The summed E-state index contributed by atoms with van der Waals surface area (Å²) in [5.74, 6) is 0.0772. The predicted octanol–water partition coefficient (Wildman–Crippen LogP) is 2.09. The van der Waals surface area contributed by atoms with Crippen molar-refractivity contribution in [1.82, 2.24) is 19.9 Å². The van der Waals surface area contributed by atoms with Gasteiger partial charge in [0, 0.05) is 37.0 Å². The molecule has 5 heteroatoms. The maximum atomic E-state index is 12.6. The van der Waals surface area contributed by atoms with E-state index >= 15 is 0 Å². The van der Waals surface area contributed by atoms with Gasteiger partial charge in [-0.15, -0.1) is 0 Å². The van der Waals surface area contributed by atoms with Gasteiger partial charge in [-0.1, -0.05) is 0 Å². The monoisotopic (exact) mass is 266 g/mol. The van der Waals surface area contributed by atoms with Crippen LogP contribution in [-0.2, 0) is 13.0 Å². The van der Waals surface area contributed by atoms with E-state index in [0.29, 0.717) is 12.1 Å². The maximum Gasteiger partial charge on any atom is 0.254 e. The molecule has 3 heterocycles. The van der Waals surface area contributed by atoms with Crippen molar-refractivity contribution >= 4 is 16.9 Å². The van der Waals surface area contributed by atoms with Gasteiger partial charge < -0.3 is 14.9 Å². The van der Waals surface area contributed by atoms with Gasteiger partial charge in [0.15, 0.2) is 0 Å². The third-order valence-electron chi connectivity index (χ3n) is 3.88. The number of H-pyrrole nitrogens is 2. The van der Waals surface area contributed by atoms with E-state index in [1.807, 2.05) is 35.4 Å². The van der Waals surface area contributed by atoms with Crippen molar-refractivity contribution in [2.45, 2.75) is 13.0 Å². The highest BCUT2D eigenvalue weighted by Crippen LogP contribution is 2.20. The van der Waals surface area contributed by atoms with E-state index in [4.69, 9.17) is 0 Å². The number of fused-ring (bicyclic) bond motifs is 2. The lowest BCUT2D eigenvalue weighted by Gasteiger charge is -2.27. The van der Waals surface area contributed by atoms with Gasteiger partial charge in [-0.25, -0.2) is 4.98 Å². The molecule has 0 spiro atoms. The average Bonchev–Trinajstić information content (AvgIpc) is 3.13. The van der Waals surface area contributed by atoms with Gasteiger partial charge in [0.05, 0.1) is 17.4 Å². The Bertz CT molecular complexity index is 786. The van der Waals surface area contributed by atoms with E-state index < -0.39 is 0 Å². The number of carbonyl (C=O) groups excluding carboxylic acids is 1. The lowest BCUT2D eigenvalue weighted by molar-refractivity contribution is 0.0734. The number of hydrogen-bond donors (Lipinski definition) is 2. The average molecular weight is 266 g/mol. The third kappa shape index (κ3) is 1.71. The fourth-order valence-corrected chi connectivity index (χ4v) is 2.77. The second kappa shape index (κ2) is 4.23. The normalized spacial score (nSPS) is 14.5. The first-order valence-corrected chi connectivity index (χ1v) is 6.69. The second-order valence-corrected chi connectivity index (χ2v) is 5.09. The molecule has 3 aromatic rings. The van der Waals surface area contributed by atoms with Crippen molar-refractivity contribution in [2.24, 2.45) is 0 Å². The molecule has 0 aliphatic carbocycles. The highest BCUT2D eigenvalue weighted by atomic mass is 16.2. The Kier molecular flexibility index (Phi) is 2.39. The zero-order valence-electron chi connectivity index (χ0n) is 10.9. The molecule has 0 saturated heterocycles. The van der Waals surface area contributed by atoms with Crippen LogP contribution in [0.1, 0.15) is 21.6 Å². The van der Waals surface area contributed by atoms with Crippen LogP contribution in [0.3, 0.4) is 0 Å². The topological polar surface area (TPSA) is 64.8 Å². The van der Waals surface area contributed by atoms with Gasteiger partial charge in [-0.05, 0) is 29.8 Å². The first kappa shape index (κ1) is 11.3. The highest BCUT2D eigenvalue weighted by molar-refractivity contribution is 5.97. The summed E-state index contributed by atoms with van der Waals surface area (Å²) in [4.78, 5) is 24.9. The fourth-order valence-electron chi connectivity index (χ4n) is 2.77. The van der Waals surface area contributed by atoms with Gasteiger partial charge in [-0.3, -0.25) is 4.79 Å². The van der Waals surface area contributed by atoms with Crippen LogP contribution in [0.25, 0.3) is 11.0 Å². The zero-order chi connectivity index (χ0) is 13.5. The first-order valence-electron chi connectivity index (χ1n) is 6.69. The summed E-state index contributed by atoms with van der Waals surface area (Å²) >= 11 is 0. The van der Waals surface area contributed by atoms with Crippen LogP contribution in [0, 0.1) is 0 Å². The van der Waals surface area contributed by atoms with E-state index in [1.165, 1.54) is 11.3 Å². The third-order valence-corrected chi connectivity index (χ3v) is 3.88. The molecule has 1 aliphatic rings. The minimum absolute atomic E-state index is 0.0772. The molecular formula is C15H14N4O. The minimum atomic E-state index is 0.0772. The molecule has 0 radical (unpaired) electrons. The van der Waals surface area contributed by atoms with E-state index in [0.717, 1.165) is 24.0 Å². The van der Waals surface area contributed by atoms with Crippen LogP contribution in [0.5, 0.6) is 0 Å². The van der Waals surface area contributed by atoms with Crippen molar-refractivity contribution in [3.05, 3.63) is 53.6 Å². The number of imidazole rings is 1. The molecule has 0 fully saturated rings. The number of nitrogens with one attached hydrogen (secondary N) is 2. The van der Waals surface area contributed by atoms with Crippen molar-refractivity contribution in [3.63, 3.8) is 0 Å².